The lowest BCUT2D eigenvalue weighted by Crippen LogP contribution is -2.24. The topological polar surface area (TPSA) is 47.4 Å². The lowest BCUT2D eigenvalue weighted by atomic mass is 10.0. The van der Waals surface area contributed by atoms with E-state index in [9.17, 15) is 4.79 Å². The molecule has 34 heavy (non-hydrogen) atoms. The number of benzene rings is 3. The number of nitrogens with zero attached hydrogens (tertiary/aromatic N) is 3. The van der Waals surface area contributed by atoms with E-state index in [-0.39, 0.29) is 11.8 Å². The molecule has 1 fully saturated rings. The molecular formula is C28H28ClN3O2. The predicted octanol–water partition coefficient (Wildman–Crippen LogP) is 6.41. The first-order valence-corrected chi connectivity index (χ1v) is 12.1. The van der Waals surface area contributed by atoms with Gasteiger partial charge in [0.25, 0.3) is 0 Å². The van der Waals surface area contributed by atoms with Gasteiger partial charge in [-0.1, -0.05) is 49.7 Å². The van der Waals surface area contributed by atoms with E-state index in [1.807, 2.05) is 59.5 Å². The second-order valence-electron chi connectivity index (χ2n) is 9.06. The number of hydrogen-bond acceptors (Lipinski definition) is 3. The molecule has 0 spiro atoms. The Bertz CT molecular complexity index is 1300. The van der Waals surface area contributed by atoms with Gasteiger partial charge in [-0.05, 0) is 60.0 Å². The summed E-state index contributed by atoms with van der Waals surface area (Å²) >= 11 is 6.03. The smallest absolute Gasteiger partial charge is 0.227 e. The minimum atomic E-state index is 0.0147. The van der Waals surface area contributed by atoms with Gasteiger partial charge >= 0.3 is 0 Å². The van der Waals surface area contributed by atoms with Gasteiger partial charge in [-0.25, -0.2) is 4.98 Å². The van der Waals surface area contributed by atoms with Crippen molar-refractivity contribution in [3.05, 3.63) is 89.2 Å². The molecule has 1 atom stereocenters. The molecule has 1 amide bonds. The van der Waals surface area contributed by atoms with E-state index < -0.39 is 0 Å². The molecule has 0 N–H and O–H groups in total. The Kier molecular flexibility index (Phi) is 6.29. The zero-order chi connectivity index (χ0) is 23.7. The standard InChI is InChI=1S/C28H28ClN3O2/c1-19(2)20-7-13-24(14-8-20)34-16-15-31-26-6-4-3-5-25(26)30-28(31)21-17-27(33)32(18-21)23-11-9-22(29)10-12-23/h3-14,19,21H,15-18H2,1-2H3. The normalized spacial score (nSPS) is 16.1. The van der Waals surface area contributed by atoms with E-state index in [4.69, 9.17) is 21.3 Å². The molecule has 1 aliphatic rings. The van der Waals surface area contributed by atoms with Gasteiger partial charge in [-0.3, -0.25) is 4.79 Å². The number of anilines is 1. The number of imidazole rings is 1. The van der Waals surface area contributed by atoms with Gasteiger partial charge in [-0.15, -0.1) is 0 Å². The molecule has 0 radical (unpaired) electrons. The van der Waals surface area contributed by atoms with Crippen LogP contribution in [0.2, 0.25) is 5.02 Å². The molecule has 174 valence electrons. The summed E-state index contributed by atoms with van der Waals surface area (Å²) in [6.07, 6.45) is 0.434. The van der Waals surface area contributed by atoms with Crippen LogP contribution in [0.4, 0.5) is 5.69 Å². The van der Waals surface area contributed by atoms with Crippen LogP contribution in [0.5, 0.6) is 5.75 Å². The Morgan fingerprint density at radius 1 is 1.03 bits per heavy atom. The highest BCUT2D eigenvalue weighted by atomic mass is 35.5. The quantitative estimate of drug-likeness (QED) is 0.311. The van der Waals surface area contributed by atoms with Gasteiger partial charge in [0.15, 0.2) is 0 Å². The van der Waals surface area contributed by atoms with Gasteiger partial charge in [0.1, 0.15) is 18.2 Å². The van der Waals surface area contributed by atoms with E-state index in [2.05, 4.69) is 36.6 Å². The molecule has 5 rings (SSSR count). The molecule has 1 aliphatic heterocycles. The maximum atomic E-state index is 12.9. The van der Waals surface area contributed by atoms with Crippen molar-refractivity contribution in [3.63, 3.8) is 0 Å². The van der Waals surface area contributed by atoms with Gasteiger partial charge < -0.3 is 14.2 Å². The minimum Gasteiger partial charge on any atom is -0.492 e. The van der Waals surface area contributed by atoms with Crippen LogP contribution in [0.1, 0.15) is 43.5 Å². The Morgan fingerprint density at radius 2 is 1.76 bits per heavy atom. The van der Waals surface area contributed by atoms with Crippen LogP contribution in [-0.2, 0) is 11.3 Å². The summed E-state index contributed by atoms with van der Waals surface area (Å²) in [7, 11) is 0. The summed E-state index contributed by atoms with van der Waals surface area (Å²) in [5.41, 5.74) is 4.17. The zero-order valence-corrected chi connectivity index (χ0v) is 20.2. The van der Waals surface area contributed by atoms with E-state index in [1.165, 1.54) is 5.56 Å². The molecule has 4 aromatic rings. The van der Waals surface area contributed by atoms with Crippen LogP contribution in [0, 0.1) is 0 Å². The Labute approximate surface area is 204 Å². The molecule has 1 saturated heterocycles. The summed E-state index contributed by atoms with van der Waals surface area (Å²) < 4.78 is 8.27. The Balaban J connectivity index is 1.36. The first kappa shape index (κ1) is 22.5. The van der Waals surface area contributed by atoms with Crippen LogP contribution in [0.3, 0.4) is 0 Å². The van der Waals surface area contributed by atoms with Gasteiger partial charge in [0.2, 0.25) is 5.91 Å². The Morgan fingerprint density at radius 3 is 2.50 bits per heavy atom. The molecule has 6 heteroatoms. The van der Waals surface area contributed by atoms with Crippen LogP contribution in [0.25, 0.3) is 11.0 Å². The van der Waals surface area contributed by atoms with E-state index >= 15 is 0 Å². The largest absolute Gasteiger partial charge is 0.492 e. The highest BCUT2D eigenvalue weighted by molar-refractivity contribution is 6.30. The summed E-state index contributed by atoms with van der Waals surface area (Å²) in [5, 5.41) is 0.660. The SMILES string of the molecule is CC(C)c1ccc(OCCn2c(C3CC(=O)N(c4ccc(Cl)cc4)C3)nc3ccccc32)cc1. The second-order valence-corrected chi connectivity index (χ2v) is 9.50. The van der Waals surface area contributed by atoms with Crippen LogP contribution in [-0.4, -0.2) is 28.6 Å². The summed E-state index contributed by atoms with van der Waals surface area (Å²) in [6.45, 7) is 6.15. The third kappa shape index (κ3) is 4.53. The average Bonchev–Trinajstić information content (AvgIpc) is 3.40. The molecule has 0 bridgehead atoms. The molecule has 1 aromatic heterocycles. The second kappa shape index (κ2) is 9.51. The fourth-order valence-electron chi connectivity index (χ4n) is 4.60. The van der Waals surface area contributed by atoms with E-state index in [0.717, 1.165) is 28.3 Å². The number of aromatic nitrogens is 2. The van der Waals surface area contributed by atoms with E-state index in [0.29, 0.717) is 37.1 Å². The number of fused-ring (bicyclic) bond motifs is 1. The van der Waals surface area contributed by atoms with Crippen molar-refractivity contribution in [1.82, 2.24) is 9.55 Å². The fourth-order valence-corrected chi connectivity index (χ4v) is 4.72. The summed E-state index contributed by atoms with van der Waals surface area (Å²) in [5.74, 6) is 2.41. The van der Waals surface area contributed by atoms with E-state index in [1.54, 1.807) is 0 Å². The van der Waals surface area contributed by atoms with Crippen LogP contribution < -0.4 is 9.64 Å². The number of carbonyl (C=O) groups is 1. The number of carbonyl (C=O) groups excluding carboxylic acids is 1. The van der Waals surface area contributed by atoms with Crippen molar-refractivity contribution in [2.75, 3.05) is 18.1 Å². The Hall–Kier alpha value is -3.31. The van der Waals surface area contributed by atoms with Crippen LogP contribution in [0.15, 0.2) is 72.8 Å². The molecule has 5 nitrogen and oxygen atoms in total. The molecule has 1 unspecified atom stereocenters. The third-order valence-corrected chi connectivity index (χ3v) is 6.69. The predicted molar refractivity (Wildman–Crippen MR) is 137 cm³/mol. The van der Waals surface area contributed by atoms with Crippen molar-refractivity contribution in [2.45, 2.75) is 38.6 Å². The highest BCUT2D eigenvalue weighted by Gasteiger charge is 2.34. The van der Waals surface area contributed by atoms with Gasteiger partial charge in [-0.2, -0.15) is 0 Å². The number of halogens is 1. The highest BCUT2D eigenvalue weighted by Crippen LogP contribution is 2.33. The summed E-state index contributed by atoms with van der Waals surface area (Å²) in [6, 6.07) is 23.8. The lowest BCUT2D eigenvalue weighted by Gasteiger charge is -2.18. The summed E-state index contributed by atoms with van der Waals surface area (Å²) in [4.78, 5) is 19.6. The van der Waals surface area contributed by atoms with Crippen molar-refractivity contribution >= 4 is 34.2 Å². The van der Waals surface area contributed by atoms with Crippen molar-refractivity contribution in [1.29, 1.82) is 0 Å². The first-order valence-electron chi connectivity index (χ1n) is 11.7. The van der Waals surface area contributed by atoms with Gasteiger partial charge in [0, 0.05) is 29.6 Å². The fraction of sp³-hybridized carbons (Fsp3) is 0.286. The monoisotopic (exact) mass is 473 g/mol. The molecule has 2 heterocycles. The number of rotatable bonds is 7. The van der Waals surface area contributed by atoms with Crippen molar-refractivity contribution in [3.8, 4) is 5.75 Å². The molecule has 0 aliphatic carbocycles. The molecule has 0 saturated carbocycles. The van der Waals surface area contributed by atoms with Crippen molar-refractivity contribution in [2.24, 2.45) is 0 Å². The number of ether oxygens (including phenoxy) is 1. The average molecular weight is 474 g/mol. The van der Waals surface area contributed by atoms with Crippen LogP contribution >= 0.6 is 11.6 Å². The third-order valence-electron chi connectivity index (χ3n) is 6.44. The maximum Gasteiger partial charge on any atom is 0.227 e. The van der Waals surface area contributed by atoms with Crippen molar-refractivity contribution < 1.29 is 9.53 Å². The first-order chi connectivity index (χ1) is 16.5. The minimum absolute atomic E-state index is 0.0147. The lowest BCUT2D eigenvalue weighted by molar-refractivity contribution is -0.117. The van der Waals surface area contributed by atoms with Gasteiger partial charge in [0.05, 0.1) is 17.6 Å². The number of para-hydroxylation sites is 2. The number of hydrogen-bond donors (Lipinski definition) is 0. The number of amides is 1. The molecular weight excluding hydrogens is 446 g/mol. The maximum absolute atomic E-state index is 12.9. The molecule has 3 aromatic carbocycles. The zero-order valence-electron chi connectivity index (χ0n) is 19.4.